The van der Waals surface area contributed by atoms with Gasteiger partial charge in [0.15, 0.2) is 11.4 Å². The van der Waals surface area contributed by atoms with E-state index in [1.807, 2.05) is 20.2 Å². The number of hydrogen-bond donors (Lipinski definition) is 2. The molecule has 45 heavy (non-hydrogen) atoms. The fraction of sp³-hybridized carbons (Fsp3) is 0.625. The summed E-state index contributed by atoms with van der Waals surface area (Å²) in [5.41, 5.74) is 0.229. The van der Waals surface area contributed by atoms with Crippen LogP contribution in [0.25, 0.3) is 11.5 Å². The number of anilines is 2. The SMILES string of the molecule is CNCCCOCCCN(C)CC1CCC(n2cc(NC(=O)c3coc(-c4ccnc(N(C)C5CC5)c4)n3)c(C(F)F)n2)CC1. The summed E-state index contributed by atoms with van der Waals surface area (Å²) in [6.07, 6.45) is 9.59. The third-order valence-corrected chi connectivity index (χ3v) is 8.70. The highest BCUT2D eigenvalue weighted by Gasteiger charge is 2.29. The van der Waals surface area contributed by atoms with Crippen LogP contribution in [-0.4, -0.2) is 90.6 Å². The van der Waals surface area contributed by atoms with Crippen LogP contribution in [0.5, 0.6) is 0 Å². The summed E-state index contributed by atoms with van der Waals surface area (Å²) in [6, 6.07) is 4.11. The van der Waals surface area contributed by atoms with Crippen molar-refractivity contribution in [1.82, 2.24) is 30.0 Å². The predicted molar refractivity (Wildman–Crippen MR) is 169 cm³/mol. The first-order valence-corrected chi connectivity index (χ1v) is 16.1. The van der Waals surface area contributed by atoms with Gasteiger partial charge in [-0.05, 0) is 90.1 Å². The van der Waals surface area contributed by atoms with Crippen molar-refractivity contribution in [2.24, 2.45) is 5.92 Å². The van der Waals surface area contributed by atoms with E-state index in [0.29, 0.717) is 17.5 Å². The second kappa shape index (κ2) is 15.7. The molecule has 2 fully saturated rings. The molecule has 3 aromatic heterocycles. The lowest BCUT2D eigenvalue weighted by molar-refractivity contribution is 0.102. The molecule has 0 aliphatic heterocycles. The number of amides is 1. The molecule has 3 aromatic rings. The van der Waals surface area contributed by atoms with Gasteiger partial charge in [-0.3, -0.25) is 9.48 Å². The molecular formula is C32H46F2N8O3. The van der Waals surface area contributed by atoms with Gasteiger partial charge in [0.05, 0.1) is 11.7 Å². The van der Waals surface area contributed by atoms with Gasteiger partial charge in [-0.2, -0.15) is 5.10 Å². The number of nitrogens with zero attached hydrogens (tertiary/aromatic N) is 6. The number of rotatable bonds is 17. The van der Waals surface area contributed by atoms with Gasteiger partial charge in [-0.1, -0.05) is 0 Å². The van der Waals surface area contributed by atoms with Crippen molar-refractivity contribution in [2.45, 2.75) is 69.9 Å². The number of carbonyl (C=O) groups excluding carboxylic acids is 1. The lowest BCUT2D eigenvalue weighted by Crippen LogP contribution is -2.30. The second-order valence-electron chi connectivity index (χ2n) is 12.3. The zero-order valence-electron chi connectivity index (χ0n) is 26.6. The summed E-state index contributed by atoms with van der Waals surface area (Å²) < 4.78 is 40.8. The highest BCUT2D eigenvalue weighted by Crippen LogP contribution is 2.35. The Morgan fingerprint density at radius 2 is 1.93 bits per heavy atom. The maximum absolute atomic E-state index is 14.0. The predicted octanol–water partition coefficient (Wildman–Crippen LogP) is 5.40. The average molecular weight is 629 g/mol. The molecule has 246 valence electrons. The van der Waals surface area contributed by atoms with Crippen molar-refractivity contribution < 1.29 is 22.7 Å². The number of aromatic nitrogens is 4. The highest BCUT2D eigenvalue weighted by molar-refractivity contribution is 6.03. The fourth-order valence-corrected chi connectivity index (χ4v) is 5.95. The summed E-state index contributed by atoms with van der Waals surface area (Å²) in [5.74, 6) is 0.977. The number of ether oxygens (including phenoxy) is 1. The Hall–Kier alpha value is -3.42. The monoisotopic (exact) mass is 628 g/mol. The Kier molecular flexibility index (Phi) is 11.5. The molecule has 1 amide bonds. The van der Waals surface area contributed by atoms with Gasteiger partial charge in [0.2, 0.25) is 5.89 Å². The van der Waals surface area contributed by atoms with E-state index < -0.39 is 18.0 Å². The van der Waals surface area contributed by atoms with Crippen LogP contribution in [0.1, 0.15) is 80.0 Å². The van der Waals surface area contributed by atoms with E-state index in [9.17, 15) is 13.6 Å². The molecule has 5 rings (SSSR count). The van der Waals surface area contributed by atoms with Crippen molar-refractivity contribution in [3.05, 3.63) is 42.2 Å². The third-order valence-electron chi connectivity index (χ3n) is 8.70. The molecule has 11 nitrogen and oxygen atoms in total. The molecule has 2 aliphatic rings. The number of alkyl halides is 2. The first-order valence-electron chi connectivity index (χ1n) is 16.1. The van der Waals surface area contributed by atoms with Crippen LogP contribution in [0.2, 0.25) is 0 Å². The lowest BCUT2D eigenvalue weighted by atomic mass is 9.86. The van der Waals surface area contributed by atoms with Gasteiger partial charge in [0.1, 0.15) is 12.1 Å². The van der Waals surface area contributed by atoms with E-state index in [1.165, 1.54) is 12.5 Å². The molecule has 2 N–H and O–H groups in total. The van der Waals surface area contributed by atoms with Crippen molar-refractivity contribution >= 4 is 17.4 Å². The van der Waals surface area contributed by atoms with Crippen molar-refractivity contribution in [3.8, 4) is 11.5 Å². The zero-order chi connectivity index (χ0) is 31.8. The molecule has 0 radical (unpaired) electrons. The molecule has 0 bridgehead atoms. The van der Waals surface area contributed by atoms with Gasteiger partial charge in [0, 0.05) is 57.3 Å². The lowest BCUT2D eigenvalue weighted by Gasteiger charge is -2.31. The summed E-state index contributed by atoms with van der Waals surface area (Å²) in [5, 5.41) is 9.92. The largest absolute Gasteiger partial charge is 0.444 e. The first-order chi connectivity index (χ1) is 21.8. The van der Waals surface area contributed by atoms with Gasteiger partial charge >= 0.3 is 0 Å². The molecule has 2 aliphatic carbocycles. The van der Waals surface area contributed by atoms with Crippen LogP contribution in [0.4, 0.5) is 20.3 Å². The number of carbonyl (C=O) groups is 1. The van der Waals surface area contributed by atoms with E-state index in [2.05, 4.69) is 42.5 Å². The Labute approximate surface area is 263 Å². The minimum absolute atomic E-state index is 0.00291. The van der Waals surface area contributed by atoms with Gasteiger partial charge in [-0.15, -0.1) is 0 Å². The summed E-state index contributed by atoms with van der Waals surface area (Å²) in [4.78, 5) is 26.3. The molecule has 3 heterocycles. The molecule has 13 heteroatoms. The third kappa shape index (κ3) is 9.08. The van der Waals surface area contributed by atoms with Gasteiger partial charge in [-0.25, -0.2) is 18.7 Å². The van der Waals surface area contributed by atoms with Crippen molar-refractivity contribution in [3.63, 3.8) is 0 Å². The second-order valence-corrected chi connectivity index (χ2v) is 12.3. The fourth-order valence-electron chi connectivity index (χ4n) is 5.95. The molecule has 0 saturated heterocycles. The standard InChI is InChI=1S/C32H46F2N8O3/c1-35-13-4-16-44-17-5-15-40(2)19-22-6-8-25(9-7-22)42-20-26(29(39-42)30(33)34)37-31(43)27-21-45-32(38-27)23-12-14-36-28(18-23)41(3)24-10-11-24/h12,14,18,20-22,24-25,30,35H,4-11,13,15-17,19H2,1-3H3,(H,37,43). The van der Waals surface area contributed by atoms with Crippen LogP contribution < -0.4 is 15.5 Å². The van der Waals surface area contributed by atoms with Crippen molar-refractivity contribution in [1.29, 1.82) is 0 Å². The van der Waals surface area contributed by atoms with E-state index in [1.54, 1.807) is 16.9 Å². The number of pyridine rings is 1. The Balaban J connectivity index is 1.12. The quantitative estimate of drug-likeness (QED) is 0.190. The Morgan fingerprint density at radius 1 is 1.16 bits per heavy atom. The number of halogens is 2. The molecular weight excluding hydrogens is 582 g/mol. The maximum atomic E-state index is 14.0. The average Bonchev–Trinajstić information content (AvgIpc) is 3.61. The summed E-state index contributed by atoms with van der Waals surface area (Å²) in [6.45, 7) is 4.52. The van der Waals surface area contributed by atoms with E-state index in [0.717, 1.165) is 90.0 Å². The maximum Gasteiger partial charge on any atom is 0.284 e. The number of nitrogens with one attached hydrogen (secondary N) is 2. The van der Waals surface area contributed by atoms with Crippen LogP contribution in [0.15, 0.2) is 35.2 Å². The molecule has 2 saturated carbocycles. The normalized spacial score (nSPS) is 18.6. The zero-order valence-corrected chi connectivity index (χ0v) is 26.6. The Morgan fingerprint density at radius 3 is 2.67 bits per heavy atom. The minimum atomic E-state index is -2.83. The van der Waals surface area contributed by atoms with Crippen LogP contribution >= 0.6 is 0 Å². The van der Waals surface area contributed by atoms with Gasteiger partial charge in [0.25, 0.3) is 12.3 Å². The number of hydrogen-bond acceptors (Lipinski definition) is 9. The first kappa shape index (κ1) is 33.0. The number of oxazole rings is 1. The van der Waals surface area contributed by atoms with E-state index >= 15 is 0 Å². The van der Waals surface area contributed by atoms with E-state index in [4.69, 9.17) is 9.15 Å². The van der Waals surface area contributed by atoms with Crippen LogP contribution in [-0.2, 0) is 4.74 Å². The minimum Gasteiger partial charge on any atom is -0.444 e. The molecule has 0 spiro atoms. The Bertz CT molecular complexity index is 1370. The van der Waals surface area contributed by atoms with Crippen LogP contribution in [0, 0.1) is 5.92 Å². The molecule has 0 aromatic carbocycles. The van der Waals surface area contributed by atoms with Crippen LogP contribution in [0.3, 0.4) is 0 Å². The van der Waals surface area contributed by atoms with Gasteiger partial charge < -0.3 is 29.6 Å². The molecule has 0 atom stereocenters. The van der Waals surface area contributed by atoms with Crippen molar-refractivity contribution in [2.75, 3.05) is 64.2 Å². The highest BCUT2D eigenvalue weighted by atomic mass is 19.3. The smallest absolute Gasteiger partial charge is 0.284 e. The summed E-state index contributed by atoms with van der Waals surface area (Å²) >= 11 is 0. The topological polar surface area (TPSA) is 114 Å². The summed E-state index contributed by atoms with van der Waals surface area (Å²) in [7, 11) is 6.08. The molecule has 0 unspecified atom stereocenters. The van der Waals surface area contributed by atoms with E-state index in [-0.39, 0.29) is 23.3 Å².